The summed E-state index contributed by atoms with van der Waals surface area (Å²) in [5.41, 5.74) is -0.0975. The Morgan fingerprint density at radius 1 is 1.29 bits per heavy atom. The van der Waals surface area contributed by atoms with Gasteiger partial charge in [0.05, 0.1) is 6.61 Å². The van der Waals surface area contributed by atoms with E-state index in [1.807, 2.05) is 0 Å². The highest BCUT2D eigenvalue weighted by molar-refractivity contribution is 4.86. The average Bonchev–Trinajstić information content (AvgIpc) is 2.14. The van der Waals surface area contributed by atoms with Crippen LogP contribution in [0, 0.1) is 5.92 Å². The molecule has 14 heavy (non-hydrogen) atoms. The Labute approximate surface area is 89.1 Å². The van der Waals surface area contributed by atoms with Crippen LogP contribution in [0.15, 0.2) is 0 Å². The molecule has 0 aromatic rings. The molecule has 86 valence electrons. The Hall–Kier alpha value is -0.0800. The van der Waals surface area contributed by atoms with Gasteiger partial charge in [0.25, 0.3) is 0 Å². The fraction of sp³-hybridized carbons (Fsp3) is 1.00. The van der Waals surface area contributed by atoms with Crippen LogP contribution in [0.25, 0.3) is 0 Å². The molecule has 0 fully saturated rings. The van der Waals surface area contributed by atoms with Gasteiger partial charge < -0.3 is 10.4 Å². The van der Waals surface area contributed by atoms with Gasteiger partial charge >= 0.3 is 0 Å². The Balaban J connectivity index is 4.26. The lowest BCUT2D eigenvalue weighted by Crippen LogP contribution is -2.52. The van der Waals surface area contributed by atoms with Crippen molar-refractivity contribution in [1.29, 1.82) is 0 Å². The maximum Gasteiger partial charge on any atom is 0.0610 e. The highest BCUT2D eigenvalue weighted by Gasteiger charge is 2.26. The zero-order chi connectivity index (χ0) is 11.2. The van der Waals surface area contributed by atoms with Gasteiger partial charge in [0, 0.05) is 11.6 Å². The molecule has 0 aliphatic carbocycles. The van der Waals surface area contributed by atoms with Crippen LogP contribution in [0.4, 0.5) is 0 Å². The molecule has 0 rings (SSSR count). The Morgan fingerprint density at radius 2 is 1.86 bits per heavy atom. The molecule has 0 saturated carbocycles. The van der Waals surface area contributed by atoms with E-state index in [0.29, 0.717) is 12.0 Å². The van der Waals surface area contributed by atoms with Gasteiger partial charge in [-0.2, -0.15) is 0 Å². The second kappa shape index (κ2) is 6.41. The second-order valence-electron chi connectivity index (χ2n) is 4.87. The maximum absolute atomic E-state index is 9.38. The molecule has 0 aliphatic heterocycles. The van der Waals surface area contributed by atoms with Crippen LogP contribution in [0.1, 0.15) is 53.9 Å². The average molecular weight is 201 g/mol. The summed E-state index contributed by atoms with van der Waals surface area (Å²) in [6.07, 6.45) is 3.27. The number of aliphatic hydroxyl groups excluding tert-OH is 1. The Morgan fingerprint density at radius 3 is 2.14 bits per heavy atom. The van der Waals surface area contributed by atoms with E-state index >= 15 is 0 Å². The highest BCUT2D eigenvalue weighted by atomic mass is 16.3. The van der Waals surface area contributed by atoms with Gasteiger partial charge in [-0.25, -0.2) is 0 Å². The first-order valence-electron chi connectivity index (χ1n) is 5.87. The van der Waals surface area contributed by atoms with E-state index in [1.165, 1.54) is 0 Å². The van der Waals surface area contributed by atoms with E-state index < -0.39 is 0 Å². The summed E-state index contributed by atoms with van der Waals surface area (Å²) in [6.45, 7) is 11.1. The van der Waals surface area contributed by atoms with Gasteiger partial charge in [-0.15, -0.1) is 0 Å². The van der Waals surface area contributed by atoms with Crippen molar-refractivity contribution in [2.45, 2.75) is 65.5 Å². The highest BCUT2D eigenvalue weighted by Crippen LogP contribution is 2.16. The van der Waals surface area contributed by atoms with Crippen molar-refractivity contribution in [3.05, 3.63) is 0 Å². The topological polar surface area (TPSA) is 32.3 Å². The van der Waals surface area contributed by atoms with Crippen LogP contribution in [-0.2, 0) is 0 Å². The van der Waals surface area contributed by atoms with Crippen molar-refractivity contribution in [3.63, 3.8) is 0 Å². The Kier molecular flexibility index (Phi) is 6.38. The monoisotopic (exact) mass is 201 g/mol. The summed E-state index contributed by atoms with van der Waals surface area (Å²) >= 11 is 0. The minimum Gasteiger partial charge on any atom is -0.394 e. The molecule has 0 aromatic carbocycles. The zero-order valence-electron chi connectivity index (χ0n) is 10.4. The number of hydrogen-bond donors (Lipinski definition) is 2. The summed E-state index contributed by atoms with van der Waals surface area (Å²) in [5, 5.41) is 13.0. The smallest absolute Gasteiger partial charge is 0.0610 e. The molecule has 0 aliphatic rings. The molecule has 2 nitrogen and oxygen atoms in total. The second-order valence-corrected chi connectivity index (χ2v) is 4.87. The van der Waals surface area contributed by atoms with E-state index in [0.717, 1.165) is 19.3 Å². The van der Waals surface area contributed by atoms with Crippen LogP contribution in [-0.4, -0.2) is 23.3 Å². The van der Waals surface area contributed by atoms with E-state index in [-0.39, 0.29) is 12.1 Å². The third kappa shape index (κ3) is 4.43. The third-order valence-corrected chi connectivity index (χ3v) is 2.93. The molecule has 0 radical (unpaired) electrons. The molecule has 0 aromatic heterocycles. The van der Waals surface area contributed by atoms with Gasteiger partial charge in [-0.1, -0.05) is 34.1 Å². The third-order valence-electron chi connectivity index (χ3n) is 2.93. The predicted molar refractivity (Wildman–Crippen MR) is 62.5 cm³/mol. The number of rotatable bonds is 7. The molecular weight excluding hydrogens is 174 g/mol. The van der Waals surface area contributed by atoms with Crippen LogP contribution >= 0.6 is 0 Å². The minimum absolute atomic E-state index is 0.0975. The summed E-state index contributed by atoms with van der Waals surface area (Å²) in [5.74, 6) is 0.628. The van der Waals surface area contributed by atoms with Crippen molar-refractivity contribution >= 4 is 0 Å². The van der Waals surface area contributed by atoms with E-state index in [9.17, 15) is 5.11 Å². The van der Waals surface area contributed by atoms with Crippen molar-refractivity contribution in [3.8, 4) is 0 Å². The molecule has 0 amide bonds. The number of hydrogen-bond acceptors (Lipinski definition) is 2. The van der Waals surface area contributed by atoms with Crippen molar-refractivity contribution in [2.75, 3.05) is 6.61 Å². The van der Waals surface area contributed by atoms with Gasteiger partial charge in [0.15, 0.2) is 0 Å². The molecule has 0 spiro atoms. The van der Waals surface area contributed by atoms with Gasteiger partial charge in [-0.3, -0.25) is 0 Å². The first-order chi connectivity index (χ1) is 6.49. The summed E-state index contributed by atoms with van der Waals surface area (Å²) in [7, 11) is 0. The molecule has 2 N–H and O–H groups in total. The molecule has 2 heteroatoms. The van der Waals surface area contributed by atoms with Crippen LogP contribution in [0.3, 0.4) is 0 Å². The van der Waals surface area contributed by atoms with Gasteiger partial charge in [0.2, 0.25) is 0 Å². The first-order valence-corrected chi connectivity index (χ1v) is 5.87. The molecule has 2 unspecified atom stereocenters. The molecule has 0 heterocycles. The SMILES string of the molecule is CCCC(C)(CO)NC(CC)C(C)C. The molecule has 0 saturated heterocycles. The maximum atomic E-state index is 9.38. The van der Waals surface area contributed by atoms with Gasteiger partial charge in [-0.05, 0) is 25.7 Å². The minimum atomic E-state index is -0.0975. The number of aliphatic hydroxyl groups is 1. The lowest BCUT2D eigenvalue weighted by atomic mass is 9.92. The summed E-state index contributed by atoms with van der Waals surface area (Å²) in [4.78, 5) is 0. The predicted octanol–water partition coefficient (Wildman–Crippen LogP) is 2.56. The normalized spacial score (nSPS) is 18.2. The van der Waals surface area contributed by atoms with E-state index in [4.69, 9.17) is 0 Å². The van der Waals surface area contributed by atoms with Crippen molar-refractivity contribution in [2.24, 2.45) is 5.92 Å². The molecule has 0 bridgehead atoms. The van der Waals surface area contributed by atoms with Crippen molar-refractivity contribution < 1.29 is 5.11 Å². The van der Waals surface area contributed by atoms with Crippen molar-refractivity contribution in [1.82, 2.24) is 5.32 Å². The molecular formula is C12H27NO. The lowest BCUT2D eigenvalue weighted by Gasteiger charge is -2.35. The van der Waals surface area contributed by atoms with Gasteiger partial charge in [0.1, 0.15) is 0 Å². The van der Waals surface area contributed by atoms with E-state index in [2.05, 4.69) is 39.9 Å². The van der Waals surface area contributed by atoms with Crippen LogP contribution in [0.2, 0.25) is 0 Å². The quantitative estimate of drug-likeness (QED) is 0.663. The standard InChI is InChI=1S/C12H27NO/c1-6-8-12(5,9-14)13-11(7-2)10(3)4/h10-11,13-14H,6-9H2,1-5H3. The Bertz CT molecular complexity index is 147. The lowest BCUT2D eigenvalue weighted by molar-refractivity contribution is 0.140. The van der Waals surface area contributed by atoms with Crippen LogP contribution in [0.5, 0.6) is 0 Å². The summed E-state index contributed by atoms with van der Waals surface area (Å²) in [6, 6.07) is 0.513. The zero-order valence-corrected chi connectivity index (χ0v) is 10.4. The summed E-state index contributed by atoms with van der Waals surface area (Å²) < 4.78 is 0. The first kappa shape index (κ1) is 13.9. The van der Waals surface area contributed by atoms with Crippen LogP contribution < -0.4 is 5.32 Å². The largest absolute Gasteiger partial charge is 0.394 e. The fourth-order valence-corrected chi connectivity index (χ4v) is 1.94. The molecule has 2 atom stereocenters. The van der Waals surface area contributed by atoms with E-state index in [1.54, 1.807) is 0 Å². The fourth-order valence-electron chi connectivity index (χ4n) is 1.94. The number of nitrogens with one attached hydrogen (secondary N) is 1.